The van der Waals surface area contributed by atoms with Crippen LogP contribution in [0.15, 0.2) is 0 Å². The predicted molar refractivity (Wildman–Crippen MR) is 71.8 cm³/mol. The zero-order chi connectivity index (χ0) is 13.8. The average molecular weight is 268 g/mol. The molecule has 0 aromatic rings. The molecule has 2 aliphatic rings. The summed E-state index contributed by atoms with van der Waals surface area (Å²) < 4.78 is 0. The first kappa shape index (κ1) is 14.2. The van der Waals surface area contributed by atoms with Crippen molar-refractivity contribution in [2.45, 2.75) is 39.0 Å². The Balaban J connectivity index is 1.76. The summed E-state index contributed by atoms with van der Waals surface area (Å²) in [5.74, 6) is -0.263. The molecule has 2 rings (SSSR count). The summed E-state index contributed by atoms with van der Waals surface area (Å²) in [4.78, 5) is 24.9. The fourth-order valence-electron chi connectivity index (χ4n) is 3.29. The van der Waals surface area contributed by atoms with Crippen molar-refractivity contribution in [3.63, 3.8) is 0 Å². The van der Waals surface area contributed by atoms with E-state index in [4.69, 9.17) is 5.11 Å². The summed E-state index contributed by atoms with van der Waals surface area (Å²) in [5.41, 5.74) is 0. The first-order valence-corrected chi connectivity index (χ1v) is 7.37. The van der Waals surface area contributed by atoms with Crippen LogP contribution < -0.4 is 5.32 Å². The van der Waals surface area contributed by atoms with E-state index in [0.717, 1.165) is 45.2 Å². The van der Waals surface area contributed by atoms with Crippen molar-refractivity contribution >= 4 is 12.0 Å². The summed E-state index contributed by atoms with van der Waals surface area (Å²) in [5, 5.41) is 12.0. The van der Waals surface area contributed by atoms with Gasteiger partial charge >= 0.3 is 12.0 Å². The molecule has 19 heavy (non-hydrogen) atoms. The molecule has 0 aromatic heterocycles. The minimum Gasteiger partial charge on any atom is -0.481 e. The van der Waals surface area contributed by atoms with Gasteiger partial charge in [-0.25, -0.2) is 4.79 Å². The molecule has 0 bridgehead atoms. The highest BCUT2D eigenvalue weighted by Crippen LogP contribution is 2.31. The summed E-state index contributed by atoms with van der Waals surface area (Å²) in [6.45, 7) is 4.33. The van der Waals surface area contributed by atoms with E-state index in [-0.39, 0.29) is 17.9 Å². The lowest BCUT2D eigenvalue weighted by Crippen LogP contribution is -2.41. The molecule has 0 spiro atoms. The number of likely N-dealkylation sites (tertiary alicyclic amines) is 1. The van der Waals surface area contributed by atoms with Crippen molar-refractivity contribution in [3.8, 4) is 0 Å². The number of hydrogen-bond donors (Lipinski definition) is 2. The van der Waals surface area contributed by atoms with E-state index in [9.17, 15) is 9.59 Å². The van der Waals surface area contributed by atoms with E-state index in [1.165, 1.54) is 0 Å². The van der Waals surface area contributed by atoms with Gasteiger partial charge in [-0.15, -0.1) is 0 Å². The third-order valence-corrected chi connectivity index (χ3v) is 4.64. The molecule has 5 nitrogen and oxygen atoms in total. The zero-order valence-electron chi connectivity index (χ0n) is 11.6. The quantitative estimate of drug-likeness (QED) is 0.818. The average Bonchev–Trinajstić information content (AvgIpc) is 3.04. The number of rotatable bonds is 4. The highest BCUT2D eigenvalue weighted by Gasteiger charge is 2.33. The summed E-state index contributed by atoms with van der Waals surface area (Å²) in [6, 6.07) is -0.0213. The number of nitrogens with zero attached hydrogens (tertiary/aromatic N) is 1. The largest absolute Gasteiger partial charge is 0.481 e. The smallest absolute Gasteiger partial charge is 0.317 e. The third kappa shape index (κ3) is 3.39. The van der Waals surface area contributed by atoms with Gasteiger partial charge in [0.05, 0.1) is 5.92 Å². The molecule has 5 heteroatoms. The van der Waals surface area contributed by atoms with Crippen LogP contribution in [-0.4, -0.2) is 41.6 Å². The molecule has 1 aliphatic heterocycles. The number of carboxylic acid groups (broad SMARTS) is 1. The van der Waals surface area contributed by atoms with Gasteiger partial charge in [0.2, 0.25) is 0 Å². The van der Waals surface area contributed by atoms with Gasteiger partial charge in [0.15, 0.2) is 0 Å². The topological polar surface area (TPSA) is 69.6 Å². The van der Waals surface area contributed by atoms with E-state index >= 15 is 0 Å². The minimum atomic E-state index is -0.719. The Morgan fingerprint density at radius 2 is 2.11 bits per heavy atom. The van der Waals surface area contributed by atoms with E-state index in [1.807, 2.05) is 4.90 Å². The van der Waals surface area contributed by atoms with Gasteiger partial charge in [-0.1, -0.05) is 19.8 Å². The highest BCUT2D eigenvalue weighted by atomic mass is 16.4. The molecular weight excluding hydrogens is 244 g/mol. The Labute approximate surface area is 114 Å². The van der Waals surface area contributed by atoms with Crippen molar-refractivity contribution < 1.29 is 14.7 Å². The van der Waals surface area contributed by atoms with Gasteiger partial charge in [0.1, 0.15) is 0 Å². The van der Waals surface area contributed by atoms with Crippen LogP contribution in [0.25, 0.3) is 0 Å². The first-order chi connectivity index (χ1) is 9.11. The molecule has 3 atom stereocenters. The Hall–Kier alpha value is -1.26. The predicted octanol–water partition coefficient (Wildman–Crippen LogP) is 1.93. The van der Waals surface area contributed by atoms with Crippen LogP contribution in [0.5, 0.6) is 0 Å². The first-order valence-electron chi connectivity index (χ1n) is 7.37. The SMILES string of the molecule is CCC1CCN(C(=O)NCC2CCCC2C(=O)O)C1. The number of aliphatic carboxylic acids is 1. The van der Waals surface area contributed by atoms with Crippen LogP contribution in [0.1, 0.15) is 39.0 Å². The molecule has 1 aliphatic carbocycles. The normalized spacial score (nSPS) is 30.6. The summed E-state index contributed by atoms with van der Waals surface area (Å²) in [7, 11) is 0. The number of carboxylic acids is 1. The van der Waals surface area contributed by atoms with Crippen LogP contribution >= 0.6 is 0 Å². The van der Waals surface area contributed by atoms with Crippen LogP contribution in [-0.2, 0) is 4.79 Å². The molecule has 1 heterocycles. The van der Waals surface area contributed by atoms with Gasteiger partial charge in [0.25, 0.3) is 0 Å². The van der Waals surface area contributed by atoms with Crippen LogP contribution in [0.4, 0.5) is 4.79 Å². The molecule has 0 aromatic carbocycles. The molecule has 2 amide bonds. The lowest BCUT2D eigenvalue weighted by molar-refractivity contribution is -0.142. The van der Waals surface area contributed by atoms with Crippen molar-refractivity contribution in [2.24, 2.45) is 17.8 Å². The minimum absolute atomic E-state index is 0.0213. The van der Waals surface area contributed by atoms with Crippen LogP contribution in [0.2, 0.25) is 0 Å². The Morgan fingerprint density at radius 3 is 2.74 bits per heavy atom. The maximum Gasteiger partial charge on any atom is 0.317 e. The van der Waals surface area contributed by atoms with Crippen LogP contribution in [0.3, 0.4) is 0 Å². The van der Waals surface area contributed by atoms with E-state index in [1.54, 1.807) is 0 Å². The number of urea groups is 1. The maximum absolute atomic E-state index is 12.0. The van der Waals surface area contributed by atoms with Gasteiger partial charge in [-0.2, -0.15) is 0 Å². The van der Waals surface area contributed by atoms with Crippen molar-refractivity contribution in [2.75, 3.05) is 19.6 Å². The molecule has 0 radical (unpaired) electrons. The number of hydrogen-bond acceptors (Lipinski definition) is 2. The van der Waals surface area contributed by atoms with Gasteiger partial charge in [0, 0.05) is 19.6 Å². The van der Waals surface area contributed by atoms with E-state index in [2.05, 4.69) is 12.2 Å². The second kappa shape index (κ2) is 6.26. The lowest BCUT2D eigenvalue weighted by atomic mass is 9.96. The van der Waals surface area contributed by atoms with Crippen molar-refractivity contribution in [1.29, 1.82) is 0 Å². The van der Waals surface area contributed by atoms with Crippen molar-refractivity contribution in [3.05, 3.63) is 0 Å². The zero-order valence-corrected chi connectivity index (χ0v) is 11.6. The number of nitrogens with one attached hydrogen (secondary N) is 1. The number of amides is 2. The molecule has 2 N–H and O–H groups in total. The molecule has 2 fully saturated rings. The molecule has 1 saturated carbocycles. The Kier molecular flexibility index (Phi) is 4.66. The molecule has 3 unspecified atom stereocenters. The molecular formula is C14H24N2O3. The number of carbonyl (C=O) groups is 2. The Bertz CT molecular complexity index is 346. The van der Waals surface area contributed by atoms with Gasteiger partial charge < -0.3 is 15.3 Å². The van der Waals surface area contributed by atoms with Crippen LogP contribution in [0, 0.1) is 17.8 Å². The fraction of sp³-hybridized carbons (Fsp3) is 0.857. The molecule has 1 saturated heterocycles. The third-order valence-electron chi connectivity index (χ3n) is 4.64. The second-order valence-corrected chi connectivity index (χ2v) is 5.83. The van der Waals surface area contributed by atoms with Crippen molar-refractivity contribution in [1.82, 2.24) is 10.2 Å². The van der Waals surface area contributed by atoms with Gasteiger partial charge in [-0.3, -0.25) is 4.79 Å². The van der Waals surface area contributed by atoms with E-state index < -0.39 is 5.97 Å². The monoisotopic (exact) mass is 268 g/mol. The highest BCUT2D eigenvalue weighted by molar-refractivity contribution is 5.75. The summed E-state index contributed by atoms with van der Waals surface area (Å²) in [6.07, 6.45) is 4.82. The fourth-order valence-corrected chi connectivity index (χ4v) is 3.29. The second-order valence-electron chi connectivity index (χ2n) is 5.83. The van der Waals surface area contributed by atoms with E-state index in [0.29, 0.717) is 12.5 Å². The standard InChI is InChI=1S/C14H24N2O3/c1-2-10-6-7-16(9-10)14(19)15-8-11-4-3-5-12(11)13(17)18/h10-12H,2-9H2,1H3,(H,15,19)(H,17,18). The van der Waals surface area contributed by atoms with Gasteiger partial charge in [-0.05, 0) is 31.1 Å². The molecule has 108 valence electrons. The maximum atomic E-state index is 12.0. The number of carbonyl (C=O) groups excluding carboxylic acids is 1. The lowest BCUT2D eigenvalue weighted by Gasteiger charge is -2.21. The summed E-state index contributed by atoms with van der Waals surface area (Å²) >= 11 is 0. The Morgan fingerprint density at radius 1 is 1.32 bits per heavy atom.